The van der Waals surface area contributed by atoms with Crippen LogP contribution in [0.5, 0.6) is 5.75 Å². The van der Waals surface area contributed by atoms with Gasteiger partial charge in [-0.1, -0.05) is 0 Å². The fraction of sp³-hybridized carbons (Fsp3) is 0.316. The Bertz CT molecular complexity index is 948. The predicted octanol–water partition coefficient (Wildman–Crippen LogP) is 3.04. The summed E-state index contributed by atoms with van der Waals surface area (Å²) < 4.78 is 13.3. The number of pyridine rings is 1. The van der Waals surface area contributed by atoms with E-state index in [0.29, 0.717) is 23.1 Å². The molecule has 4 rings (SSSR count). The quantitative estimate of drug-likeness (QED) is 0.754. The molecular weight excluding hydrogens is 333 g/mol. The number of halogens is 1. The van der Waals surface area contributed by atoms with E-state index in [1.165, 1.54) is 12.1 Å². The Morgan fingerprint density at radius 1 is 1.23 bits per heavy atom. The lowest BCUT2D eigenvalue weighted by Crippen LogP contribution is -2.40. The van der Waals surface area contributed by atoms with Gasteiger partial charge in [-0.15, -0.1) is 10.2 Å². The van der Waals surface area contributed by atoms with Crippen molar-refractivity contribution in [3.63, 3.8) is 0 Å². The lowest BCUT2D eigenvalue weighted by Gasteiger charge is -2.30. The number of likely N-dealkylation sites (tertiary alicyclic amines) is 1. The van der Waals surface area contributed by atoms with Crippen LogP contribution in [0.4, 0.5) is 10.2 Å². The van der Waals surface area contributed by atoms with Crippen LogP contribution in [0.15, 0.2) is 36.7 Å². The normalized spacial score (nSPS) is 18.2. The van der Waals surface area contributed by atoms with Crippen molar-refractivity contribution in [2.24, 2.45) is 0 Å². The van der Waals surface area contributed by atoms with Gasteiger partial charge in [0.05, 0.1) is 0 Å². The molecule has 134 valence electrons. The molecule has 0 spiro atoms. The van der Waals surface area contributed by atoms with Crippen LogP contribution in [0.25, 0.3) is 22.0 Å². The van der Waals surface area contributed by atoms with Crippen molar-refractivity contribution in [3.8, 4) is 17.0 Å². The van der Waals surface area contributed by atoms with Gasteiger partial charge in [-0.05, 0) is 44.6 Å². The van der Waals surface area contributed by atoms with E-state index in [1.54, 1.807) is 12.4 Å². The zero-order valence-electron chi connectivity index (χ0n) is 14.5. The molecule has 1 aliphatic rings. The second kappa shape index (κ2) is 6.84. The van der Waals surface area contributed by atoms with Crippen molar-refractivity contribution >= 4 is 16.6 Å². The molecule has 26 heavy (non-hydrogen) atoms. The van der Waals surface area contributed by atoms with Gasteiger partial charge in [0.2, 0.25) is 0 Å². The van der Waals surface area contributed by atoms with Gasteiger partial charge in [0.1, 0.15) is 17.3 Å². The third-order valence-corrected chi connectivity index (χ3v) is 4.76. The number of nitrogens with zero attached hydrogens (tertiary/aromatic N) is 4. The smallest absolute Gasteiger partial charge is 0.158 e. The fourth-order valence-corrected chi connectivity index (χ4v) is 3.49. The molecule has 1 saturated heterocycles. The Morgan fingerprint density at radius 2 is 2.12 bits per heavy atom. The molecule has 0 radical (unpaired) electrons. The minimum absolute atomic E-state index is 0.160. The molecule has 0 unspecified atom stereocenters. The lowest BCUT2D eigenvalue weighted by molar-refractivity contribution is 0.261. The average molecular weight is 353 g/mol. The maximum atomic E-state index is 13.3. The maximum absolute atomic E-state index is 13.3. The van der Waals surface area contributed by atoms with E-state index < -0.39 is 5.82 Å². The Hall–Kier alpha value is -2.80. The first-order chi connectivity index (χ1) is 12.6. The third kappa shape index (κ3) is 3.17. The highest BCUT2D eigenvalue weighted by molar-refractivity contribution is 6.00. The van der Waals surface area contributed by atoms with Gasteiger partial charge in [-0.2, -0.15) is 0 Å². The SMILES string of the molecule is CN1CCC[C@@H](Nc2nnc(-c3ccc(F)cc3O)c3ccncc23)C1. The number of hydrogen-bond acceptors (Lipinski definition) is 6. The molecule has 0 amide bonds. The molecule has 0 bridgehead atoms. The minimum Gasteiger partial charge on any atom is -0.507 e. The number of phenols is 1. The standard InChI is InChI=1S/C19H20FN5O/c1-25-8-2-3-13(11-25)22-19-16-10-21-7-6-14(16)18(23-24-19)15-5-4-12(20)9-17(15)26/h4-7,9-10,13,26H,2-3,8,11H2,1H3,(H,22,24)/t13-/m1/s1. The molecule has 3 aromatic rings. The van der Waals surface area contributed by atoms with Crippen LogP contribution >= 0.6 is 0 Å². The van der Waals surface area contributed by atoms with E-state index in [2.05, 4.69) is 32.4 Å². The molecule has 3 heterocycles. The van der Waals surface area contributed by atoms with Gasteiger partial charge in [-0.3, -0.25) is 4.98 Å². The lowest BCUT2D eigenvalue weighted by atomic mass is 10.0. The highest BCUT2D eigenvalue weighted by Gasteiger charge is 2.20. The number of benzene rings is 1. The molecule has 2 aromatic heterocycles. The third-order valence-electron chi connectivity index (χ3n) is 4.76. The number of anilines is 1. The molecule has 0 saturated carbocycles. The molecule has 1 aliphatic heterocycles. The summed E-state index contributed by atoms with van der Waals surface area (Å²) in [4.78, 5) is 6.50. The van der Waals surface area contributed by atoms with Crippen LogP contribution in [-0.4, -0.2) is 51.4 Å². The van der Waals surface area contributed by atoms with E-state index >= 15 is 0 Å². The average Bonchev–Trinajstić information content (AvgIpc) is 2.63. The number of aromatic nitrogens is 3. The molecule has 1 fully saturated rings. The summed E-state index contributed by atoms with van der Waals surface area (Å²) in [6.45, 7) is 2.05. The summed E-state index contributed by atoms with van der Waals surface area (Å²) in [5.41, 5.74) is 0.949. The number of nitrogens with one attached hydrogen (secondary N) is 1. The first-order valence-electron chi connectivity index (χ1n) is 8.66. The Balaban J connectivity index is 1.76. The number of rotatable bonds is 3. The van der Waals surface area contributed by atoms with Gasteiger partial charge in [0.25, 0.3) is 0 Å². The van der Waals surface area contributed by atoms with E-state index in [1.807, 2.05) is 6.07 Å². The van der Waals surface area contributed by atoms with Crippen LogP contribution < -0.4 is 5.32 Å². The molecule has 7 heteroatoms. The summed E-state index contributed by atoms with van der Waals surface area (Å²) in [6, 6.07) is 6.02. The monoisotopic (exact) mass is 353 g/mol. The molecule has 2 N–H and O–H groups in total. The first-order valence-corrected chi connectivity index (χ1v) is 8.66. The summed E-state index contributed by atoms with van der Waals surface area (Å²) in [5, 5.41) is 23.9. The maximum Gasteiger partial charge on any atom is 0.158 e. The minimum atomic E-state index is -0.495. The van der Waals surface area contributed by atoms with Crippen LogP contribution in [0.3, 0.4) is 0 Å². The van der Waals surface area contributed by atoms with E-state index in [4.69, 9.17) is 0 Å². The summed E-state index contributed by atoms with van der Waals surface area (Å²) >= 11 is 0. The molecular formula is C19H20FN5O. The zero-order chi connectivity index (χ0) is 18.1. The zero-order valence-corrected chi connectivity index (χ0v) is 14.5. The highest BCUT2D eigenvalue weighted by atomic mass is 19.1. The first kappa shape index (κ1) is 16.7. The topological polar surface area (TPSA) is 74.2 Å². The van der Waals surface area contributed by atoms with Crippen molar-refractivity contribution in [2.45, 2.75) is 18.9 Å². The molecule has 1 aromatic carbocycles. The number of likely N-dealkylation sites (N-methyl/N-ethyl adjacent to an activating group) is 1. The summed E-state index contributed by atoms with van der Waals surface area (Å²) in [7, 11) is 2.11. The van der Waals surface area contributed by atoms with Crippen molar-refractivity contribution in [2.75, 3.05) is 25.5 Å². The van der Waals surface area contributed by atoms with Crippen molar-refractivity contribution in [1.29, 1.82) is 0 Å². The predicted molar refractivity (Wildman–Crippen MR) is 98.5 cm³/mol. The van der Waals surface area contributed by atoms with Gasteiger partial charge in [-0.25, -0.2) is 4.39 Å². The second-order valence-corrected chi connectivity index (χ2v) is 6.73. The van der Waals surface area contributed by atoms with E-state index in [9.17, 15) is 9.50 Å². The van der Waals surface area contributed by atoms with Gasteiger partial charge in [0, 0.05) is 47.4 Å². The number of fused-ring (bicyclic) bond motifs is 1. The molecule has 1 atom stereocenters. The van der Waals surface area contributed by atoms with Crippen LogP contribution in [0.1, 0.15) is 12.8 Å². The number of aromatic hydroxyl groups is 1. The number of piperidine rings is 1. The van der Waals surface area contributed by atoms with Crippen LogP contribution in [-0.2, 0) is 0 Å². The molecule has 0 aliphatic carbocycles. The van der Waals surface area contributed by atoms with E-state index in [0.717, 1.165) is 42.8 Å². The van der Waals surface area contributed by atoms with E-state index in [-0.39, 0.29) is 5.75 Å². The fourth-order valence-electron chi connectivity index (χ4n) is 3.49. The second-order valence-electron chi connectivity index (χ2n) is 6.73. The summed E-state index contributed by atoms with van der Waals surface area (Å²) in [6.07, 6.45) is 5.63. The van der Waals surface area contributed by atoms with Crippen molar-refractivity contribution in [1.82, 2.24) is 20.1 Å². The Kier molecular flexibility index (Phi) is 4.38. The molecule has 6 nitrogen and oxygen atoms in total. The van der Waals surface area contributed by atoms with Crippen LogP contribution in [0.2, 0.25) is 0 Å². The Labute approximate surface area is 150 Å². The number of phenolic OH excluding ortho intramolecular Hbond substituents is 1. The largest absolute Gasteiger partial charge is 0.507 e. The van der Waals surface area contributed by atoms with Gasteiger partial charge >= 0.3 is 0 Å². The van der Waals surface area contributed by atoms with Crippen LogP contribution in [0, 0.1) is 5.82 Å². The van der Waals surface area contributed by atoms with Gasteiger partial charge in [0.15, 0.2) is 5.82 Å². The summed E-state index contributed by atoms with van der Waals surface area (Å²) in [5.74, 6) is 0.0238. The number of hydrogen-bond donors (Lipinski definition) is 2. The highest BCUT2D eigenvalue weighted by Crippen LogP contribution is 2.34. The van der Waals surface area contributed by atoms with Gasteiger partial charge < -0.3 is 15.3 Å². The Morgan fingerprint density at radius 3 is 2.92 bits per heavy atom. The van der Waals surface area contributed by atoms with Crippen molar-refractivity contribution < 1.29 is 9.50 Å². The van der Waals surface area contributed by atoms with Crippen molar-refractivity contribution in [3.05, 3.63) is 42.5 Å².